The standard InChI is InChI=1S/C18H12N4O4/c23-18(15-8-9-16(26-15)22(24)25)19-12-5-3-4-11(10-12)17-20-13-6-1-2-7-14(13)21-17/h1-10H,(H,19,23)(H,20,21). The van der Waals surface area contributed by atoms with Crippen LogP contribution in [0.15, 0.2) is 65.1 Å². The van der Waals surface area contributed by atoms with Gasteiger partial charge in [0.1, 0.15) is 10.7 Å². The molecule has 0 atom stereocenters. The summed E-state index contributed by atoms with van der Waals surface area (Å²) < 4.78 is 4.90. The summed E-state index contributed by atoms with van der Waals surface area (Å²) in [5.74, 6) is -0.507. The second-order valence-corrected chi connectivity index (χ2v) is 5.53. The van der Waals surface area contributed by atoms with Gasteiger partial charge >= 0.3 is 5.88 Å². The van der Waals surface area contributed by atoms with Crippen LogP contribution in [0.2, 0.25) is 0 Å². The average molecular weight is 348 g/mol. The topological polar surface area (TPSA) is 114 Å². The van der Waals surface area contributed by atoms with E-state index in [9.17, 15) is 14.9 Å². The molecule has 4 rings (SSSR count). The molecule has 0 unspecified atom stereocenters. The van der Waals surface area contributed by atoms with E-state index in [0.717, 1.165) is 22.7 Å². The molecule has 26 heavy (non-hydrogen) atoms. The van der Waals surface area contributed by atoms with Crippen molar-refractivity contribution in [3.63, 3.8) is 0 Å². The fourth-order valence-corrected chi connectivity index (χ4v) is 2.57. The van der Waals surface area contributed by atoms with Gasteiger partial charge in [-0.15, -0.1) is 0 Å². The van der Waals surface area contributed by atoms with Crippen molar-refractivity contribution in [2.75, 3.05) is 5.32 Å². The third-order valence-electron chi connectivity index (χ3n) is 3.78. The summed E-state index contributed by atoms with van der Waals surface area (Å²) in [4.78, 5) is 29.9. The van der Waals surface area contributed by atoms with Crippen molar-refractivity contribution in [1.29, 1.82) is 0 Å². The van der Waals surface area contributed by atoms with Crippen molar-refractivity contribution in [1.82, 2.24) is 9.97 Å². The Hall–Kier alpha value is -3.94. The van der Waals surface area contributed by atoms with E-state index in [1.165, 1.54) is 6.07 Å². The molecule has 0 saturated carbocycles. The molecule has 0 saturated heterocycles. The number of hydrogen-bond donors (Lipinski definition) is 2. The lowest BCUT2D eigenvalue weighted by Crippen LogP contribution is -2.10. The number of furan rings is 1. The summed E-state index contributed by atoms with van der Waals surface area (Å²) in [6, 6.07) is 17.2. The van der Waals surface area contributed by atoms with Crippen molar-refractivity contribution in [3.05, 3.63) is 76.5 Å². The molecule has 1 amide bonds. The zero-order chi connectivity index (χ0) is 18.1. The number of para-hydroxylation sites is 2. The van der Waals surface area contributed by atoms with E-state index in [2.05, 4.69) is 15.3 Å². The number of carbonyl (C=O) groups excluding carboxylic acids is 1. The number of aromatic amines is 1. The summed E-state index contributed by atoms with van der Waals surface area (Å²) in [6.45, 7) is 0. The zero-order valence-corrected chi connectivity index (χ0v) is 13.3. The number of imidazole rings is 1. The molecule has 0 fully saturated rings. The normalized spacial score (nSPS) is 10.8. The van der Waals surface area contributed by atoms with Gasteiger partial charge in [-0.05, 0) is 30.3 Å². The predicted molar refractivity (Wildman–Crippen MR) is 94.8 cm³/mol. The molecule has 0 aliphatic carbocycles. The highest BCUT2D eigenvalue weighted by molar-refractivity contribution is 6.02. The number of hydrogen-bond acceptors (Lipinski definition) is 5. The van der Waals surface area contributed by atoms with E-state index in [0.29, 0.717) is 11.5 Å². The third kappa shape index (κ3) is 2.91. The quantitative estimate of drug-likeness (QED) is 0.427. The van der Waals surface area contributed by atoms with Crippen LogP contribution in [0.1, 0.15) is 10.6 Å². The largest absolute Gasteiger partial charge is 0.433 e. The van der Waals surface area contributed by atoms with Crippen molar-refractivity contribution < 1.29 is 14.1 Å². The third-order valence-corrected chi connectivity index (χ3v) is 3.78. The fourth-order valence-electron chi connectivity index (χ4n) is 2.57. The van der Waals surface area contributed by atoms with Gasteiger partial charge in [0.05, 0.1) is 17.1 Å². The van der Waals surface area contributed by atoms with E-state index < -0.39 is 16.7 Å². The first-order valence-electron chi connectivity index (χ1n) is 7.71. The Morgan fingerprint density at radius 2 is 1.96 bits per heavy atom. The molecule has 2 aromatic carbocycles. The summed E-state index contributed by atoms with van der Waals surface area (Å²) in [5, 5.41) is 13.3. The molecular weight excluding hydrogens is 336 g/mol. The lowest BCUT2D eigenvalue weighted by Gasteiger charge is -2.04. The SMILES string of the molecule is O=C(Nc1cccc(-c2nc3ccccc3[nH]2)c1)c1ccc([N+](=O)[O-])o1. The number of nitro groups is 1. The molecule has 0 aliphatic rings. The van der Waals surface area contributed by atoms with E-state index >= 15 is 0 Å². The number of nitrogens with zero attached hydrogens (tertiary/aromatic N) is 2. The number of fused-ring (bicyclic) bond motifs is 1. The van der Waals surface area contributed by atoms with Crippen LogP contribution in [-0.2, 0) is 0 Å². The van der Waals surface area contributed by atoms with Crippen LogP contribution < -0.4 is 5.32 Å². The molecule has 2 N–H and O–H groups in total. The Kier molecular flexibility index (Phi) is 3.70. The maximum absolute atomic E-state index is 12.2. The van der Waals surface area contributed by atoms with E-state index in [1.54, 1.807) is 18.2 Å². The minimum absolute atomic E-state index is 0.133. The second-order valence-electron chi connectivity index (χ2n) is 5.53. The molecule has 128 valence electrons. The number of H-pyrrole nitrogens is 1. The molecule has 2 heterocycles. The number of aromatic nitrogens is 2. The summed E-state index contributed by atoms with van der Waals surface area (Å²) in [6.07, 6.45) is 0. The van der Waals surface area contributed by atoms with E-state index in [1.807, 2.05) is 30.3 Å². The second kappa shape index (κ2) is 6.17. The van der Waals surface area contributed by atoms with Crippen molar-refractivity contribution in [3.8, 4) is 11.4 Å². The van der Waals surface area contributed by atoms with Crippen molar-refractivity contribution in [2.45, 2.75) is 0 Å². The van der Waals surface area contributed by atoms with Crippen molar-refractivity contribution >= 4 is 28.5 Å². The minimum atomic E-state index is -0.695. The summed E-state index contributed by atoms with van der Waals surface area (Å²) >= 11 is 0. The molecule has 4 aromatic rings. The predicted octanol–water partition coefficient (Wildman–Crippen LogP) is 3.98. The maximum Gasteiger partial charge on any atom is 0.433 e. The molecule has 2 aromatic heterocycles. The molecule has 0 radical (unpaired) electrons. The van der Waals surface area contributed by atoms with Gasteiger partial charge in [0, 0.05) is 11.3 Å². The first kappa shape index (κ1) is 15.6. The first-order valence-corrected chi connectivity index (χ1v) is 7.71. The van der Waals surface area contributed by atoms with Crippen LogP contribution in [0.5, 0.6) is 0 Å². The number of carbonyl (C=O) groups is 1. The smallest absolute Gasteiger partial charge is 0.395 e. The van der Waals surface area contributed by atoms with Crippen LogP contribution in [0.3, 0.4) is 0 Å². The Bertz CT molecular complexity index is 1100. The Labute approximate surface area is 146 Å². The van der Waals surface area contributed by atoms with Gasteiger partial charge in [-0.3, -0.25) is 14.9 Å². The van der Waals surface area contributed by atoms with Gasteiger partial charge in [0.15, 0.2) is 5.76 Å². The number of benzene rings is 2. The lowest BCUT2D eigenvalue weighted by molar-refractivity contribution is -0.402. The highest BCUT2D eigenvalue weighted by Gasteiger charge is 2.17. The van der Waals surface area contributed by atoms with Gasteiger partial charge < -0.3 is 14.7 Å². The molecular formula is C18H12N4O4. The van der Waals surface area contributed by atoms with Gasteiger partial charge in [-0.2, -0.15) is 0 Å². The first-order chi connectivity index (χ1) is 12.6. The molecule has 0 bridgehead atoms. The lowest BCUT2D eigenvalue weighted by atomic mass is 10.2. The van der Waals surface area contributed by atoms with Crippen molar-refractivity contribution in [2.24, 2.45) is 0 Å². The van der Waals surface area contributed by atoms with Crippen LogP contribution in [-0.4, -0.2) is 20.8 Å². The number of anilines is 1. The van der Waals surface area contributed by atoms with Crippen LogP contribution >= 0.6 is 0 Å². The number of amides is 1. The molecule has 8 nitrogen and oxygen atoms in total. The number of rotatable bonds is 4. The average Bonchev–Trinajstić information content (AvgIpc) is 3.29. The number of nitrogens with one attached hydrogen (secondary N) is 2. The Balaban J connectivity index is 1.59. The maximum atomic E-state index is 12.2. The van der Waals surface area contributed by atoms with Gasteiger partial charge in [0.2, 0.25) is 0 Å². The molecule has 0 aliphatic heterocycles. The van der Waals surface area contributed by atoms with Crippen LogP contribution in [0.4, 0.5) is 11.6 Å². The molecule has 0 spiro atoms. The van der Waals surface area contributed by atoms with E-state index in [4.69, 9.17) is 4.42 Å². The van der Waals surface area contributed by atoms with Gasteiger partial charge in [-0.1, -0.05) is 24.3 Å². The summed E-state index contributed by atoms with van der Waals surface area (Å²) in [7, 11) is 0. The fraction of sp³-hybridized carbons (Fsp3) is 0. The van der Waals surface area contributed by atoms with E-state index in [-0.39, 0.29) is 5.76 Å². The Morgan fingerprint density at radius 3 is 2.73 bits per heavy atom. The highest BCUT2D eigenvalue weighted by Crippen LogP contribution is 2.24. The van der Waals surface area contributed by atoms with Gasteiger partial charge in [0.25, 0.3) is 5.91 Å². The summed E-state index contributed by atoms with van der Waals surface area (Å²) in [5.41, 5.74) is 3.08. The monoisotopic (exact) mass is 348 g/mol. The highest BCUT2D eigenvalue weighted by atomic mass is 16.6. The van der Waals surface area contributed by atoms with Gasteiger partial charge in [-0.25, -0.2) is 4.98 Å². The molecule has 8 heteroatoms. The zero-order valence-electron chi connectivity index (χ0n) is 13.3. The Morgan fingerprint density at radius 1 is 1.12 bits per heavy atom. The van der Waals surface area contributed by atoms with Crippen LogP contribution in [0.25, 0.3) is 22.4 Å². The van der Waals surface area contributed by atoms with Crippen LogP contribution in [0, 0.1) is 10.1 Å². The minimum Gasteiger partial charge on any atom is -0.395 e.